The minimum atomic E-state index is -0.797. The molecule has 1 nitrogen and oxygen atoms in total. The Hall–Kier alpha value is -0.480. The summed E-state index contributed by atoms with van der Waals surface area (Å²) in [6, 6.07) is 3.95. The average Bonchev–Trinajstić information content (AvgIpc) is 2.18. The second kappa shape index (κ2) is 6.09. The zero-order chi connectivity index (χ0) is 10.4. The van der Waals surface area contributed by atoms with E-state index in [4.69, 9.17) is 0 Å². The van der Waals surface area contributed by atoms with Gasteiger partial charge in [0.15, 0.2) is 11.6 Å². The maximum atomic E-state index is 12.7. The lowest BCUT2D eigenvalue weighted by Crippen LogP contribution is -2.15. The van der Waals surface area contributed by atoms with Crippen LogP contribution in [0.3, 0.4) is 0 Å². The third-order valence-electron chi connectivity index (χ3n) is 1.80. The lowest BCUT2D eigenvalue weighted by atomic mass is 10.2. The molecule has 14 heavy (non-hydrogen) atoms. The van der Waals surface area contributed by atoms with Gasteiger partial charge in [0, 0.05) is 11.9 Å². The zero-order valence-electron chi connectivity index (χ0n) is 7.69. The van der Waals surface area contributed by atoms with Gasteiger partial charge in [0.2, 0.25) is 0 Å². The van der Waals surface area contributed by atoms with Gasteiger partial charge in [-0.05, 0) is 30.7 Å². The molecule has 0 aromatic heterocycles. The maximum Gasteiger partial charge on any atom is 0.159 e. The molecule has 0 saturated heterocycles. The van der Waals surface area contributed by atoms with Crippen molar-refractivity contribution in [2.45, 2.75) is 13.0 Å². The zero-order valence-corrected chi connectivity index (χ0v) is 9.28. The molecule has 0 fully saturated rings. The van der Waals surface area contributed by atoms with Crippen molar-refractivity contribution in [2.75, 3.05) is 11.9 Å². The maximum absolute atomic E-state index is 12.7. The first-order chi connectivity index (χ1) is 6.74. The Morgan fingerprint density at radius 3 is 2.64 bits per heavy atom. The lowest BCUT2D eigenvalue weighted by Gasteiger charge is -2.03. The van der Waals surface area contributed by atoms with Crippen LogP contribution in [0.5, 0.6) is 0 Å². The number of hydrogen-bond acceptors (Lipinski definition) is 1. The molecule has 4 heteroatoms. The van der Waals surface area contributed by atoms with Crippen LogP contribution in [0.1, 0.15) is 12.0 Å². The fraction of sp³-hybridized carbons (Fsp3) is 0.400. The van der Waals surface area contributed by atoms with E-state index in [0.29, 0.717) is 6.54 Å². The van der Waals surface area contributed by atoms with Crippen molar-refractivity contribution in [3.63, 3.8) is 0 Å². The Morgan fingerprint density at radius 2 is 2.00 bits per heavy atom. The van der Waals surface area contributed by atoms with Crippen LogP contribution in [0.25, 0.3) is 0 Å². The van der Waals surface area contributed by atoms with Crippen LogP contribution in [-0.2, 0) is 6.54 Å². The molecule has 1 rings (SSSR count). The SMILES string of the molecule is Fc1ccc(CNCCCBr)cc1F. The number of halogens is 3. The Labute approximate surface area is 90.6 Å². The molecule has 1 N–H and O–H groups in total. The van der Waals surface area contributed by atoms with Gasteiger partial charge in [-0.3, -0.25) is 0 Å². The van der Waals surface area contributed by atoms with Gasteiger partial charge in [-0.1, -0.05) is 22.0 Å². The smallest absolute Gasteiger partial charge is 0.159 e. The lowest BCUT2D eigenvalue weighted by molar-refractivity contribution is 0.506. The highest BCUT2D eigenvalue weighted by Gasteiger charge is 2.01. The molecule has 0 aliphatic heterocycles. The molecule has 0 amide bonds. The van der Waals surface area contributed by atoms with Crippen LogP contribution < -0.4 is 5.32 Å². The molecule has 0 aliphatic rings. The predicted molar refractivity (Wildman–Crippen MR) is 56.5 cm³/mol. The third kappa shape index (κ3) is 3.72. The second-order valence-electron chi connectivity index (χ2n) is 2.97. The molecule has 0 saturated carbocycles. The van der Waals surface area contributed by atoms with Crippen LogP contribution in [0.2, 0.25) is 0 Å². The summed E-state index contributed by atoms with van der Waals surface area (Å²) < 4.78 is 25.3. The predicted octanol–water partition coefficient (Wildman–Crippen LogP) is 2.84. The van der Waals surface area contributed by atoms with E-state index in [1.54, 1.807) is 6.07 Å². The van der Waals surface area contributed by atoms with E-state index >= 15 is 0 Å². The number of hydrogen-bond donors (Lipinski definition) is 1. The van der Waals surface area contributed by atoms with E-state index < -0.39 is 11.6 Å². The minimum Gasteiger partial charge on any atom is -0.313 e. The van der Waals surface area contributed by atoms with Gasteiger partial charge in [-0.15, -0.1) is 0 Å². The van der Waals surface area contributed by atoms with E-state index in [2.05, 4.69) is 21.2 Å². The van der Waals surface area contributed by atoms with Gasteiger partial charge < -0.3 is 5.32 Å². The summed E-state index contributed by atoms with van der Waals surface area (Å²) >= 11 is 3.31. The summed E-state index contributed by atoms with van der Waals surface area (Å²) in [5, 5.41) is 4.07. The van der Waals surface area contributed by atoms with Crippen LogP contribution in [0, 0.1) is 11.6 Å². The second-order valence-corrected chi connectivity index (χ2v) is 3.76. The normalized spacial score (nSPS) is 10.5. The summed E-state index contributed by atoms with van der Waals surface area (Å²) in [5.41, 5.74) is 0.762. The summed E-state index contributed by atoms with van der Waals surface area (Å²) in [5.74, 6) is -1.58. The number of nitrogens with one attached hydrogen (secondary N) is 1. The first-order valence-corrected chi connectivity index (χ1v) is 5.57. The molecule has 0 heterocycles. The van der Waals surface area contributed by atoms with E-state index in [1.165, 1.54) is 6.07 Å². The molecule has 0 bridgehead atoms. The summed E-state index contributed by atoms with van der Waals surface area (Å²) in [7, 11) is 0. The minimum absolute atomic E-state index is 0.574. The van der Waals surface area contributed by atoms with Gasteiger partial charge in [-0.2, -0.15) is 0 Å². The van der Waals surface area contributed by atoms with Gasteiger partial charge in [0.25, 0.3) is 0 Å². The van der Waals surface area contributed by atoms with E-state index in [-0.39, 0.29) is 0 Å². The quantitative estimate of drug-likeness (QED) is 0.637. The van der Waals surface area contributed by atoms with Crippen molar-refractivity contribution >= 4 is 15.9 Å². The largest absolute Gasteiger partial charge is 0.313 e. The number of rotatable bonds is 5. The fourth-order valence-corrected chi connectivity index (χ4v) is 1.35. The molecule has 0 unspecified atom stereocenters. The van der Waals surface area contributed by atoms with Crippen molar-refractivity contribution in [1.29, 1.82) is 0 Å². The topological polar surface area (TPSA) is 12.0 Å². The molecule has 0 radical (unpaired) electrons. The van der Waals surface area contributed by atoms with Gasteiger partial charge in [0.05, 0.1) is 0 Å². The van der Waals surface area contributed by atoms with Gasteiger partial charge in [0.1, 0.15) is 0 Å². The van der Waals surface area contributed by atoms with Crippen LogP contribution >= 0.6 is 15.9 Å². The number of alkyl halides is 1. The molecule has 1 aromatic carbocycles. The van der Waals surface area contributed by atoms with E-state index in [0.717, 1.165) is 29.9 Å². The highest BCUT2D eigenvalue weighted by atomic mass is 79.9. The molecular weight excluding hydrogens is 252 g/mol. The van der Waals surface area contributed by atoms with Gasteiger partial charge in [-0.25, -0.2) is 8.78 Å². The van der Waals surface area contributed by atoms with Crippen molar-refractivity contribution in [3.05, 3.63) is 35.4 Å². The van der Waals surface area contributed by atoms with E-state index in [1.807, 2.05) is 0 Å². The molecule has 0 spiro atoms. The van der Waals surface area contributed by atoms with Gasteiger partial charge >= 0.3 is 0 Å². The Bertz CT molecular complexity index is 291. The Kier molecular flexibility index (Phi) is 5.04. The molecular formula is C10H12BrF2N. The molecule has 0 aliphatic carbocycles. The third-order valence-corrected chi connectivity index (χ3v) is 2.36. The van der Waals surface area contributed by atoms with Crippen molar-refractivity contribution in [1.82, 2.24) is 5.32 Å². The van der Waals surface area contributed by atoms with Crippen LogP contribution in [-0.4, -0.2) is 11.9 Å². The summed E-state index contributed by atoms with van der Waals surface area (Å²) in [6.07, 6.45) is 1.02. The molecule has 0 atom stereocenters. The molecule has 78 valence electrons. The highest BCUT2D eigenvalue weighted by Crippen LogP contribution is 2.08. The van der Waals surface area contributed by atoms with E-state index in [9.17, 15) is 8.78 Å². The monoisotopic (exact) mass is 263 g/mol. The number of benzene rings is 1. The van der Waals surface area contributed by atoms with Crippen molar-refractivity contribution in [3.8, 4) is 0 Å². The van der Waals surface area contributed by atoms with Crippen LogP contribution in [0.15, 0.2) is 18.2 Å². The Morgan fingerprint density at radius 1 is 1.21 bits per heavy atom. The first-order valence-electron chi connectivity index (χ1n) is 4.44. The molecule has 1 aromatic rings. The highest BCUT2D eigenvalue weighted by molar-refractivity contribution is 9.09. The van der Waals surface area contributed by atoms with Crippen molar-refractivity contribution in [2.24, 2.45) is 0 Å². The standard InChI is InChI=1S/C10H12BrF2N/c11-4-1-5-14-7-8-2-3-9(12)10(13)6-8/h2-3,6,14H,1,4-5,7H2. The summed E-state index contributed by atoms with van der Waals surface area (Å²) in [6.45, 7) is 1.44. The average molecular weight is 264 g/mol. The van der Waals surface area contributed by atoms with Crippen LogP contribution in [0.4, 0.5) is 8.78 Å². The Balaban J connectivity index is 2.39. The fourth-order valence-electron chi connectivity index (χ4n) is 1.07. The van der Waals surface area contributed by atoms with Crippen molar-refractivity contribution < 1.29 is 8.78 Å². The first kappa shape index (κ1) is 11.6. The summed E-state index contributed by atoms with van der Waals surface area (Å²) in [4.78, 5) is 0.